The third kappa shape index (κ3) is 4.21. The fourth-order valence-corrected chi connectivity index (χ4v) is 4.15. The monoisotopic (exact) mass is 489 g/mol. The van der Waals surface area contributed by atoms with Gasteiger partial charge in [-0.15, -0.1) is 0 Å². The Labute approximate surface area is 196 Å². The van der Waals surface area contributed by atoms with Crippen molar-refractivity contribution in [1.29, 1.82) is 0 Å². The van der Waals surface area contributed by atoms with Crippen LogP contribution < -0.4 is 10.1 Å². The summed E-state index contributed by atoms with van der Waals surface area (Å²) in [6.07, 6.45) is 3.38. The van der Waals surface area contributed by atoms with Crippen molar-refractivity contribution in [1.82, 2.24) is 0 Å². The maximum absolute atomic E-state index is 12.7. The second kappa shape index (κ2) is 9.05. The van der Waals surface area contributed by atoms with E-state index in [1.165, 1.54) is 0 Å². The van der Waals surface area contributed by atoms with E-state index in [0.29, 0.717) is 5.75 Å². The molecule has 0 bridgehead atoms. The SMILES string of the molecule is COc1c(/C(C)=C/C(=O)Nc2ccccc2C)cc2c(-c3ccc(Br)cc3)coc2c1C. The lowest BCUT2D eigenvalue weighted by atomic mass is 9.96. The number of benzene rings is 3. The minimum absolute atomic E-state index is 0.183. The number of nitrogens with one attached hydrogen (secondary N) is 1. The number of hydrogen-bond donors (Lipinski definition) is 1. The quantitative estimate of drug-likeness (QED) is 0.294. The average Bonchev–Trinajstić information content (AvgIpc) is 3.20. The minimum Gasteiger partial charge on any atom is -0.496 e. The van der Waals surface area contributed by atoms with E-state index in [1.807, 2.05) is 75.4 Å². The van der Waals surface area contributed by atoms with Crippen molar-refractivity contribution in [2.75, 3.05) is 12.4 Å². The molecule has 1 amide bonds. The van der Waals surface area contributed by atoms with E-state index in [1.54, 1.807) is 19.4 Å². The van der Waals surface area contributed by atoms with Crippen molar-refractivity contribution in [2.45, 2.75) is 20.8 Å². The summed E-state index contributed by atoms with van der Waals surface area (Å²) >= 11 is 3.49. The molecule has 0 radical (unpaired) electrons. The summed E-state index contributed by atoms with van der Waals surface area (Å²) < 4.78 is 12.7. The summed E-state index contributed by atoms with van der Waals surface area (Å²) in [6.45, 7) is 5.86. The van der Waals surface area contributed by atoms with Gasteiger partial charge in [-0.2, -0.15) is 0 Å². The third-order valence-corrected chi connectivity index (χ3v) is 6.11. The molecule has 4 aromatic rings. The molecular weight excluding hydrogens is 466 g/mol. The van der Waals surface area contributed by atoms with Crippen LogP contribution in [0.15, 0.2) is 75.8 Å². The summed E-state index contributed by atoms with van der Waals surface area (Å²) in [4.78, 5) is 12.7. The van der Waals surface area contributed by atoms with Gasteiger partial charge in [-0.05, 0) is 61.7 Å². The van der Waals surface area contributed by atoms with Gasteiger partial charge >= 0.3 is 0 Å². The average molecular weight is 490 g/mol. The van der Waals surface area contributed by atoms with Crippen LogP contribution in [0.25, 0.3) is 27.7 Å². The molecule has 3 aromatic carbocycles. The summed E-state index contributed by atoms with van der Waals surface area (Å²) in [5, 5.41) is 3.94. The fourth-order valence-electron chi connectivity index (χ4n) is 3.88. The molecule has 0 aliphatic rings. The Hall–Kier alpha value is -3.31. The largest absolute Gasteiger partial charge is 0.496 e. The summed E-state index contributed by atoms with van der Waals surface area (Å²) in [6, 6.07) is 17.9. The number of para-hydroxylation sites is 1. The van der Waals surface area contributed by atoms with Gasteiger partial charge in [0.15, 0.2) is 0 Å². The maximum Gasteiger partial charge on any atom is 0.248 e. The van der Waals surface area contributed by atoms with Crippen LogP contribution in [0.5, 0.6) is 5.75 Å². The van der Waals surface area contributed by atoms with E-state index >= 15 is 0 Å². The van der Waals surface area contributed by atoms with E-state index in [2.05, 4.69) is 21.2 Å². The molecule has 0 saturated carbocycles. The number of ether oxygens (including phenoxy) is 1. The molecule has 5 heteroatoms. The number of carbonyl (C=O) groups excluding carboxylic acids is 1. The van der Waals surface area contributed by atoms with Gasteiger partial charge in [0.2, 0.25) is 5.91 Å². The Bertz CT molecular complexity index is 1330. The van der Waals surface area contributed by atoms with Gasteiger partial charge in [0.05, 0.1) is 13.4 Å². The Morgan fingerprint density at radius 2 is 1.81 bits per heavy atom. The third-order valence-electron chi connectivity index (χ3n) is 5.58. The zero-order valence-corrected chi connectivity index (χ0v) is 20.0. The molecule has 1 aromatic heterocycles. The van der Waals surface area contributed by atoms with Crippen LogP contribution in [0.4, 0.5) is 5.69 Å². The first-order valence-corrected chi connectivity index (χ1v) is 11.1. The first-order valence-electron chi connectivity index (χ1n) is 10.3. The van der Waals surface area contributed by atoms with E-state index < -0.39 is 0 Å². The molecule has 4 nitrogen and oxygen atoms in total. The first-order chi connectivity index (χ1) is 15.4. The normalized spacial score (nSPS) is 11.6. The Balaban J connectivity index is 1.77. The number of hydrogen-bond acceptors (Lipinski definition) is 3. The predicted molar refractivity (Wildman–Crippen MR) is 134 cm³/mol. The van der Waals surface area contributed by atoms with Gasteiger partial charge in [0.25, 0.3) is 0 Å². The van der Waals surface area contributed by atoms with Gasteiger partial charge in [-0.25, -0.2) is 0 Å². The minimum atomic E-state index is -0.183. The molecule has 162 valence electrons. The van der Waals surface area contributed by atoms with Crippen LogP contribution in [0.2, 0.25) is 0 Å². The van der Waals surface area contributed by atoms with Gasteiger partial charge < -0.3 is 14.5 Å². The van der Waals surface area contributed by atoms with Crippen LogP contribution in [0, 0.1) is 13.8 Å². The zero-order chi connectivity index (χ0) is 22.8. The summed E-state index contributed by atoms with van der Waals surface area (Å²) in [7, 11) is 1.64. The highest BCUT2D eigenvalue weighted by Crippen LogP contribution is 2.40. The molecule has 0 unspecified atom stereocenters. The highest BCUT2D eigenvalue weighted by atomic mass is 79.9. The molecule has 32 heavy (non-hydrogen) atoms. The van der Waals surface area contributed by atoms with Gasteiger partial charge in [-0.3, -0.25) is 4.79 Å². The van der Waals surface area contributed by atoms with E-state index in [4.69, 9.17) is 9.15 Å². The second-order valence-corrected chi connectivity index (χ2v) is 8.66. The van der Waals surface area contributed by atoms with E-state index in [9.17, 15) is 4.79 Å². The number of anilines is 1. The number of methoxy groups -OCH3 is 1. The van der Waals surface area contributed by atoms with Gasteiger partial charge in [0, 0.05) is 38.3 Å². The molecule has 4 rings (SSSR count). The van der Waals surface area contributed by atoms with Crippen LogP contribution in [0.3, 0.4) is 0 Å². The van der Waals surface area contributed by atoms with Crippen LogP contribution in [0.1, 0.15) is 23.6 Å². The molecular formula is C27H24BrNO3. The van der Waals surface area contributed by atoms with Crippen molar-refractivity contribution in [3.8, 4) is 16.9 Å². The van der Waals surface area contributed by atoms with Crippen LogP contribution in [-0.4, -0.2) is 13.0 Å². The number of furan rings is 1. The number of amides is 1. The van der Waals surface area contributed by atoms with Crippen molar-refractivity contribution < 1.29 is 13.9 Å². The number of halogens is 1. The molecule has 0 aliphatic carbocycles. The Morgan fingerprint density at radius 1 is 1.09 bits per heavy atom. The smallest absolute Gasteiger partial charge is 0.248 e. The lowest BCUT2D eigenvalue weighted by molar-refractivity contribution is -0.111. The molecule has 0 fully saturated rings. The highest BCUT2D eigenvalue weighted by molar-refractivity contribution is 9.10. The van der Waals surface area contributed by atoms with E-state index in [0.717, 1.165) is 54.5 Å². The number of aryl methyl sites for hydroxylation is 2. The standard InChI is InChI=1S/C27H24BrNO3/c1-16-7-5-6-8-24(16)29-25(30)13-17(2)21-14-22-23(19-9-11-20(28)12-10-19)15-32-27(22)18(3)26(21)31-4/h5-15H,1-4H3,(H,29,30)/b17-13+. The van der Waals surface area contributed by atoms with Gasteiger partial charge in [-0.1, -0.05) is 46.3 Å². The number of allylic oxidation sites excluding steroid dienone is 1. The highest BCUT2D eigenvalue weighted by Gasteiger charge is 2.19. The summed E-state index contributed by atoms with van der Waals surface area (Å²) in [5.74, 6) is 0.517. The van der Waals surface area contributed by atoms with Crippen molar-refractivity contribution in [3.05, 3.63) is 88.1 Å². The number of carbonyl (C=O) groups is 1. The van der Waals surface area contributed by atoms with E-state index in [-0.39, 0.29) is 5.91 Å². The predicted octanol–water partition coefficient (Wildman–Crippen LogP) is 7.53. The molecule has 0 spiro atoms. The molecule has 0 atom stereocenters. The first kappa shape index (κ1) is 21.9. The number of fused-ring (bicyclic) bond motifs is 1. The number of rotatable bonds is 5. The van der Waals surface area contributed by atoms with Crippen LogP contribution >= 0.6 is 15.9 Å². The van der Waals surface area contributed by atoms with Gasteiger partial charge in [0.1, 0.15) is 11.3 Å². The van der Waals surface area contributed by atoms with Crippen molar-refractivity contribution in [2.24, 2.45) is 0 Å². The lowest BCUT2D eigenvalue weighted by Gasteiger charge is -2.13. The fraction of sp³-hybridized carbons (Fsp3) is 0.148. The second-order valence-electron chi connectivity index (χ2n) is 7.75. The molecule has 1 N–H and O–H groups in total. The zero-order valence-electron chi connectivity index (χ0n) is 18.5. The molecule has 1 heterocycles. The topological polar surface area (TPSA) is 51.5 Å². The Kier molecular flexibility index (Phi) is 6.19. The summed E-state index contributed by atoms with van der Waals surface area (Å²) in [5.41, 5.74) is 7.21. The molecule has 0 aliphatic heterocycles. The lowest BCUT2D eigenvalue weighted by Crippen LogP contribution is -2.09. The Morgan fingerprint density at radius 3 is 2.50 bits per heavy atom. The van der Waals surface area contributed by atoms with Crippen LogP contribution in [-0.2, 0) is 4.79 Å². The van der Waals surface area contributed by atoms with Crippen molar-refractivity contribution >= 4 is 44.1 Å². The maximum atomic E-state index is 12.7. The molecule has 0 saturated heterocycles. The van der Waals surface area contributed by atoms with Crippen molar-refractivity contribution in [3.63, 3.8) is 0 Å².